The summed E-state index contributed by atoms with van der Waals surface area (Å²) in [6.07, 6.45) is 131. The molecule has 16 nitrogen and oxygen atoms in total. The Morgan fingerprint density at radius 1 is 0.224 bits per heavy atom. The summed E-state index contributed by atoms with van der Waals surface area (Å²) in [5.74, 6) is -1.58. The zero-order valence-corrected chi connectivity index (χ0v) is 80.7. The molecule has 18 heteroatoms. The van der Waals surface area contributed by atoms with E-state index in [-0.39, 0.29) is 19.3 Å². The van der Waals surface area contributed by atoms with Gasteiger partial charge in [-0.3, -0.25) is 32.5 Å². The average molecular weight is 1780 g/mol. The Hall–Kier alpha value is -5.61. The van der Waals surface area contributed by atoms with Gasteiger partial charge in [0.2, 0.25) is 0 Å². The number of ether oxygens (including phenoxy) is 3. The molecule has 0 bridgehead atoms. The highest BCUT2D eigenvalue weighted by Crippen LogP contribution is 2.45. The van der Waals surface area contributed by atoms with E-state index in [1.165, 1.54) is 167 Å². The second kappa shape index (κ2) is 97.4. The van der Waals surface area contributed by atoms with Gasteiger partial charge in [-0.25, -0.2) is 9.13 Å². The number of hydrogen-bond acceptors (Lipinski definition) is 14. The molecule has 0 radical (unpaired) electrons. The predicted octanol–water partition coefficient (Wildman–Crippen LogP) is 31.3. The van der Waals surface area contributed by atoms with Crippen molar-refractivity contribution in [3.8, 4) is 0 Å². The van der Waals surface area contributed by atoms with Crippen LogP contribution in [0.2, 0.25) is 0 Å². The maximum atomic E-state index is 13.1. The molecule has 0 aliphatic heterocycles. The van der Waals surface area contributed by atoms with Crippen LogP contribution in [0.25, 0.3) is 0 Å². The van der Waals surface area contributed by atoms with E-state index in [1.54, 1.807) is 0 Å². The van der Waals surface area contributed by atoms with Crippen molar-refractivity contribution in [2.45, 2.75) is 424 Å². The molecule has 0 saturated heterocycles. The number of allylic oxidation sites excluding steroid dienone is 32. The number of phosphoric acid groups is 2. The quantitative estimate of drug-likeness (QED) is 0.0146. The normalized spacial score (nSPS) is 14.5. The predicted molar refractivity (Wildman–Crippen MR) is 528 cm³/mol. The maximum Gasteiger partial charge on any atom is 0.472 e. The van der Waals surface area contributed by atoms with Gasteiger partial charge in [0.25, 0.3) is 0 Å². The highest BCUT2D eigenvalue weighted by Gasteiger charge is 2.30. The minimum atomic E-state index is -4.95. The Bertz CT molecular complexity index is 3050. The number of aliphatic hydroxyl groups excluding tert-OH is 2. The van der Waals surface area contributed by atoms with Crippen LogP contribution in [0, 0.1) is 0 Å². The van der Waals surface area contributed by atoms with E-state index in [4.69, 9.17) is 32.3 Å². The van der Waals surface area contributed by atoms with E-state index < -0.39 is 91.5 Å². The molecule has 125 heavy (non-hydrogen) atoms. The largest absolute Gasteiger partial charge is 0.472 e. The molecule has 5 atom stereocenters. The van der Waals surface area contributed by atoms with Gasteiger partial charge >= 0.3 is 33.6 Å². The van der Waals surface area contributed by atoms with Gasteiger partial charge in [0, 0.05) is 19.3 Å². The van der Waals surface area contributed by atoms with Crippen LogP contribution in [0.3, 0.4) is 0 Å². The molecule has 0 amide bonds. The van der Waals surface area contributed by atoms with Gasteiger partial charge in [-0.05, 0) is 161 Å². The minimum absolute atomic E-state index is 0.0850. The number of esters is 3. The Kier molecular flexibility index (Phi) is 93.1. The minimum Gasteiger partial charge on any atom is -0.463 e. The fourth-order valence-corrected chi connectivity index (χ4v) is 15.0. The molecular formula is C107H180O16P2. The van der Waals surface area contributed by atoms with Crippen molar-refractivity contribution < 1.29 is 75.8 Å². The number of rotatable bonds is 93. The van der Waals surface area contributed by atoms with E-state index in [1.807, 2.05) is 0 Å². The standard InChI is InChI=1S/C107H180O16P2/c1-4-7-10-13-16-19-22-25-28-31-34-36-38-40-42-44-46-48-50-52-54-56-58-60-62-64-67-69-72-75-78-81-84-87-90-93-105(110)117-96-102(108)97-119-124(113,114)120-98-103(109)99-121-125(115,116)122-101-104(123-107(112)95-92-89-86-83-80-77-74-71-66-33-30-27-24-21-18-15-12-9-6-3)100-118-106(111)94-91-88-85-82-79-76-73-70-68-65-63-61-59-57-55-53-51-49-47-45-43-41-39-37-35-32-29-26-23-20-17-14-11-8-5-2/h7-12,16-21,25-30,34-37,40-43,46-49,66,71,102-104,108-109H,4-6,13-15,22-24,31-33,38-39,44-45,50-65,67-70,72-101H2,1-3H3,(H,113,114)(H,115,116)/b10-7-,11-8-,12-9-,19-16-,20-17-,21-18-,28-25-,29-26-,30-27-,36-34-,37-35-,42-40-,43-41-,48-46-,49-47-,71-66-. The number of carbonyl (C=O) groups is 3. The van der Waals surface area contributed by atoms with Crippen molar-refractivity contribution in [2.24, 2.45) is 0 Å². The lowest BCUT2D eigenvalue weighted by Crippen LogP contribution is -2.30. The van der Waals surface area contributed by atoms with Gasteiger partial charge in [-0.2, -0.15) is 0 Å². The van der Waals surface area contributed by atoms with E-state index >= 15 is 0 Å². The van der Waals surface area contributed by atoms with Crippen LogP contribution in [0.4, 0.5) is 0 Å². The first-order valence-electron chi connectivity index (χ1n) is 49.7. The number of phosphoric ester groups is 2. The third kappa shape index (κ3) is 98.8. The number of carbonyl (C=O) groups excluding carboxylic acids is 3. The van der Waals surface area contributed by atoms with Gasteiger partial charge in [0.15, 0.2) is 6.10 Å². The smallest absolute Gasteiger partial charge is 0.463 e. The second-order valence-electron chi connectivity index (χ2n) is 32.8. The fraction of sp³-hybridized carbons (Fsp3) is 0.673. The molecule has 714 valence electrons. The third-order valence-electron chi connectivity index (χ3n) is 20.8. The fourth-order valence-electron chi connectivity index (χ4n) is 13.4. The van der Waals surface area contributed by atoms with Gasteiger partial charge in [-0.1, -0.05) is 421 Å². The van der Waals surface area contributed by atoms with Crippen LogP contribution in [-0.4, -0.2) is 95.9 Å². The van der Waals surface area contributed by atoms with Crippen LogP contribution >= 0.6 is 15.6 Å². The van der Waals surface area contributed by atoms with Crippen molar-refractivity contribution in [2.75, 3.05) is 39.6 Å². The van der Waals surface area contributed by atoms with Crippen molar-refractivity contribution in [3.05, 3.63) is 194 Å². The summed E-state index contributed by atoms with van der Waals surface area (Å²) >= 11 is 0. The van der Waals surface area contributed by atoms with Crippen LogP contribution in [-0.2, 0) is 55.8 Å². The second-order valence-corrected chi connectivity index (χ2v) is 35.7. The first kappa shape index (κ1) is 119. The molecule has 0 fully saturated rings. The van der Waals surface area contributed by atoms with Crippen LogP contribution < -0.4 is 0 Å². The molecular weight excluding hydrogens is 1600 g/mol. The molecule has 5 unspecified atom stereocenters. The summed E-state index contributed by atoms with van der Waals surface area (Å²) in [5, 5.41) is 20.8. The summed E-state index contributed by atoms with van der Waals surface area (Å²) in [7, 11) is -9.82. The van der Waals surface area contributed by atoms with Crippen molar-refractivity contribution >= 4 is 33.6 Å². The van der Waals surface area contributed by atoms with Crippen molar-refractivity contribution in [3.63, 3.8) is 0 Å². The van der Waals surface area contributed by atoms with Crippen LogP contribution in [0.15, 0.2) is 194 Å². The lowest BCUT2D eigenvalue weighted by atomic mass is 10.0. The van der Waals surface area contributed by atoms with Crippen molar-refractivity contribution in [1.29, 1.82) is 0 Å². The number of unbranched alkanes of at least 4 members (excludes halogenated alkanes) is 38. The zero-order valence-electron chi connectivity index (χ0n) is 79.0. The highest BCUT2D eigenvalue weighted by atomic mass is 31.2. The summed E-state index contributed by atoms with van der Waals surface area (Å²) < 4.78 is 61.6. The van der Waals surface area contributed by atoms with Crippen LogP contribution in [0.1, 0.15) is 406 Å². The Balaban J connectivity index is 4.50. The van der Waals surface area contributed by atoms with Gasteiger partial charge in [-0.15, -0.1) is 0 Å². The molecule has 0 spiro atoms. The Labute approximate surface area is 763 Å². The van der Waals surface area contributed by atoms with Gasteiger partial charge in [0.05, 0.1) is 26.4 Å². The summed E-state index contributed by atoms with van der Waals surface area (Å²) in [6, 6.07) is 0. The molecule has 0 rings (SSSR count). The van der Waals surface area contributed by atoms with Crippen molar-refractivity contribution in [1.82, 2.24) is 0 Å². The highest BCUT2D eigenvalue weighted by molar-refractivity contribution is 7.47. The Morgan fingerprint density at radius 3 is 0.632 bits per heavy atom. The molecule has 0 heterocycles. The van der Waals surface area contributed by atoms with E-state index in [0.29, 0.717) is 19.3 Å². The first-order valence-corrected chi connectivity index (χ1v) is 52.7. The molecule has 0 aromatic carbocycles. The lowest BCUT2D eigenvalue weighted by Gasteiger charge is -2.21. The Morgan fingerprint density at radius 2 is 0.400 bits per heavy atom. The summed E-state index contributed by atoms with van der Waals surface area (Å²) in [4.78, 5) is 59.1. The van der Waals surface area contributed by atoms with E-state index in [2.05, 4.69) is 215 Å². The average Bonchev–Trinajstić information content (AvgIpc) is 0.893. The SMILES string of the molecule is CC/C=C\C/C=C\C/C=C\C/C=C\C/C=C\C/C=C\CCCCCCCCCCCCCCCCCCC(=O)OCC(O)COP(=O)(O)OCC(O)COP(=O)(O)OCC(COC(=O)CCCCCCCCCCCCCCCCCC/C=C\C/C=C\C/C=C\C/C=C\C/C=C\C/C=C\CC)OC(=O)CCCCCCCC/C=C\C/C=C\C/C=C\C/C=C\CC. The molecule has 4 N–H and O–H groups in total. The first-order chi connectivity index (χ1) is 61.2. The third-order valence-corrected chi connectivity index (χ3v) is 22.7. The van der Waals surface area contributed by atoms with E-state index in [0.717, 1.165) is 180 Å². The topological polar surface area (TPSA) is 231 Å². The van der Waals surface area contributed by atoms with Crippen LogP contribution in [0.5, 0.6) is 0 Å². The van der Waals surface area contributed by atoms with Gasteiger partial charge in [0.1, 0.15) is 25.4 Å². The number of hydrogen-bond donors (Lipinski definition) is 4. The maximum absolute atomic E-state index is 13.1. The molecule has 0 saturated carbocycles. The molecule has 0 aliphatic carbocycles. The monoisotopic (exact) mass is 1780 g/mol. The molecule has 0 aromatic heterocycles. The lowest BCUT2D eigenvalue weighted by molar-refractivity contribution is -0.161. The van der Waals surface area contributed by atoms with E-state index in [9.17, 15) is 43.5 Å². The molecule has 0 aromatic rings. The zero-order chi connectivity index (χ0) is 90.7. The summed E-state index contributed by atoms with van der Waals surface area (Å²) in [6.45, 7) is 2.37. The van der Waals surface area contributed by atoms with Gasteiger partial charge < -0.3 is 34.2 Å². The summed E-state index contributed by atoms with van der Waals surface area (Å²) in [5.41, 5.74) is 0. The number of aliphatic hydroxyl groups is 2. The molecule has 0 aliphatic rings.